The van der Waals surface area contributed by atoms with Crippen molar-refractivity contribution in [3.63, 3.8) is 0 Å². The van der Waals surface area contributed by atoms with Crippen LogP contribution in [0, 0.1) is 0 Å². The normalized spacial score (nSPS) is 10.0. The molecule has 0 aliphatic heterocycles. The third-order valence-electron chi connectivity index (χ3n) is 2.55. The van der Waals surface area contributed by atoms with Crippen molar-refractivity contribution in [2.24, 2.45) is 0 Å². The van der Waals surface area contributed by atoms with Crippen LogP contribution >= 0.6 is 11.6 Å². The second-order valence-electron chi connectivity index (χ2n) is 3.65. The van der Waals surface area contributed by atoms with Gasteiger partial charge in [-0.15, -0.1) is 11.6 Å². The molecule has 0 saturated carbocycles. The smallest absolute Gasteiger partial charge is 0.203 e. The lowest BCUT2D eigenvalue weighted by atomic mass is 10.1. The van der Waals surface area contributed by atoms with Gasteiger partial charge in [-0.05, 0) is 6.07 Å². The average molecular weight is 273 g/mol. The van der Waals surface area contributed by atoms with Crippen LogP contribution in [0.4, 0.5) is 0 Å². The highest BCUT2D eigenvalue weighted by Gasteiger charge is 2.17. The molecule has 4 nitrogen and oxygen atoms in total. The number of methoxy groups -OCH3 is 3. The van der Waals surface area contributed by atoms with E-state index in [1.54, 1.807) is 19.2 Å². The Bertz CT molecular complexity index is 418. The molecular weight excluding hydrogens is 256 g/mol. The van der Waals surface area contributed by atoms with Crippen LogP contribution in [0.1, 0.15) is 12.0 Å². The Balaban J connectivity index is 3.08. The number of carbonyl (C=O) groups is 1. The fourth-order valence-corrected chi connectivity index (χ4v) is 1.92. The van der Waals surface area contributed by atoms with Gasteiger partial charge in [0.1, 0.15) is 5.78 Å². The topological polar surface area (TPSA) is 44.8 Å². The van der Waals surface area contributed by atoms with Crippen LogP contribution in [-0.2, 0) is 11.2 Å². The minimum absolute atomic E-state index is 0.0653. The summed E-state index contributed by atoms with van der Waals surface area (Å²) >= 11 is 5.55. The molecule has 1 aromatic rings. The van der Waals surface area contributed by atoms with Crippen molar-refractivity contribution in [1.29, 1.82) is 0 Å². The van der Waals surface area contributed by atoms with Crippen molar-refractivity contribution in [2.45, 2.75) is 12.8 Å². The molecule has 0 atom stereocenters. The summed E-state index contributed by atoms with van der Waals surface area (Å²) in [6.07, 6.45) is 0.620. The largest absolute Gasteiger partial charge is 0.493 e. The zero-order valence-electron chi connectivity index (χ0n) is 10.8. The zero-order chi connectivity index (χ0) is 13.5. The van der Waals surface area contributed by atoms with E-state index in [0.29, 0.717) is 29.5 Å². The van der Waals surface area contributed by atoms with Gasteiger partial charge >= 0.3 is 0 Å². The van der Waals surface area contributed by atoms with Crippen LogP contribution in [-0.4, -0.2) is 33.0 Å². The minimum Gasteiger partial charge on any atom is -0.493 e. The van der Waals surface area contributed by atoms with Crippen LogP contribution in [0.15, 0.2) is 12.1 Å². The van der Waals surface area contributed by atoms with Crippen LogP contribution in [0.25, 0.3) is 0 Å². The number of ether oxygens (including phenoxy) is 3. The van der Waals surface area contributed by atoms with Gasteiger partial charge in [0.05, 0.1) is 21.3 Å². The summed E-state index contributed by atoms with van der Waals surface area (Å²) in [4.78, 5) is 11.6. The van der Waals surface area contributed by atoms with Crippen LogP contribution in [0.3, 0.4) is 0 Å². The van der Waals surface area contributed by atoms with E-state index in [1.165, 1.54) is 14.2 Å². The summed E-state index contributed by atoms with van der Waals surface area (Å²) in [5, 5.41) is 0. The molecule has 0 fully saturated rings. The van der Waals surface area contributed by atoms with E-state index < -0.39 is 0 Å². The first kappa shape index (κ1) is 14.6. The fraction of sp³-hybridized carbons (Fsp3) is 0.462. The molecule has 0 bridgehead atoms. The summed E-state index contributed by atoms with van der Waals surface area (Å²) in [5.74, 6) is 1.99. The maximum Gasteiger partial charge on any atom is 0.203 e. The first-order valence-electron chi connectivity index (χ1n) is 5.53. The molecule has 1 aromatic carbocycles. The van der Waals surface area contributed by atoms with E-state index in [4.69, 9.17) is 25.8 Å². The highest BCUT2D eigenvalue weighted by Crippen LogP contribution is 2.39. The molecule has 0 aliphatic rings. The molecule has 5 heteroatoms. The van der Waals surface area contributed by atoms with Gasteiger partial charge in [0.2, 0.25) is 5.75 Å². The van der Waals surface area contributed by atoms with E-state index in [1.807, 2.05) is 0 Å². The molecule has 0 heterocycles. The molecule has 0 saturated heterocycles. The number of hydrogen-bond donors (Lipinski definition) is 0. The minimum atomic E-state index is 0.0653. The van der Waals surface area contributed by atoms with E-state index in [0.717, 1.165) is 5.56 Å². The SMILES string of the molecule is COc1ccc(CC(=O)CCCl)c(OC)c1OC. The predicted molar refractivity (Wildman–Crippen MR) is 70.1 cm³/mol. The number of Topliss-reactive ketones (excluding diaryl/α,β-unsaturated/α-hetero) is 1. The number of benzene rings is 1. The highest BCUT2D eigenvalue weighted by molar-refractivity contribution is 6.19. The molecule has 18 heavy (non-hydrogen) atoms. The zero-order valence-corrected chi connectivity index (χ0v) is 11.5. The Morgan fingerprint density at radius 2 is 1.78 bits per heavy atom. The molecular formula is C13H17ClO4. The number of alkyl halides is 1. The molecule has 0 N–H and O–H groups in total. The Morgan fingerprint density at radius 3 is 2.28 bits per heavy atom. The van der Waals surface area contributed by atoms with Crippen molar-refractivity contribution >= 4 is 17.4 Å². The van der Waals surface area contributed by atoms with Crippen LogP contribution in [0.5, 0.6) is 17.2 Å². The Kier molecular flexibility index (Phi) is 5.78. The molecule has 0 spiro atoms. The Morgan fingerprint density at radius 1 is 1.11 bits per heavy atom. The summed E-state index contributed by atoms with van der Waals surface area (Å²) < 4.78 is 15.7. The molecule has 0 aliphatic carbocycles. The summed E-state index contributed by atoms with van der Waals surface area (Å²) in [5.41, 5.74) is 0.769. The third kappa shape index (κ3) is 3.29. The van der Waals surface area contributed by atoms with Gasteiger partial charge in [-0.1, -0.05) is 6.07 Å². The highest BCUT2D eigenvalue weighted by atomic mass is 35.5. The van der Waals surface area contributed by atoms with Gasteiger partial charge in [0.25, 0.3) is 0 Å². The molecule has 0 unspecified atom stereocenters. The van der Waals surface area contributed by atoms with Crippen molar-refractivity contribution in [1.82, 2.24) is 0 Å². The van der Waals surface area contributed by atoms with Crippen LogP contribution in [0.2, 0.25) is 0 Å². The van der Waals surface area contributed by atoms with Crippen molar-refractivity contribution in [2.75, 3.05) is 27.2 Å². The molecule has 0 radical (unpaired) electrons. The van der Waals surface area contributed by atoms with Crippen molar-refractivity contribution < 1.29 is 19.0 Å². The Hall–Kier alpha value is -1.42. The summed E-state index contributed by atoms with van der Waals surface area (Å²) in [7, 11) is 4.62. The number of carbonyl (C=O) groups excluding carboxylic acids is 1. The van der Waals surface area contributed by atoms with Gasteiger partial charge in [-0.3, -0.25) is 4.79 Å². The maximum absolute atomic E-state index is 11.6. The van der Waals surface area contributed by atoms with E-state index in [-0.39, 0.29) is 12.2 Å². The average Bonchev–Trinajstić information content (AvgIpc) is 2.38. The monoisotopic (exact) mass is 272 g/mol. The fourth-order valence-electron chi connectivity index (χ4n) is 1.71. The third-order valence-corrected chi connectivity index (χ3v) is 2.74. The predicted octanol–water partition coefficient (Wildman–Crippen LogP) is 2.45. The first-order valence-corrected chi connectivity index (χ1v) is 6.06. The quantitative estimate of drug-likeness (QED) is 0.715. The second-order valence-corrected chi connectivity index (χ2v) is 4.03. The van der Waals surface area contributed by atoms with Gasteiger partial charge in [-0.25, -0.2) is 0 Å². The first-order chi connectivity index (χ1) is 8.67. The lowest BCUT2D eigenvalue weighted by molar-refractivity contribution is -0.118. The van der Waals surface area contributed by atoms with Crippen molar-refractivity contribution in [3.05, 3.63) is 17.7 Å². The van der Waals surface area contributed by atoms with Gasteiger partial charge < -0.3 is 14.2 Å². The summed E-state index contributed by atoms with van der Waals surface area (Å²) in [6, 6.07) is 3.55. The molecule has 1 rings (SSSR count). The van der Waals surface area contributed by atoms with Crippen LogP contribution < -0.4 is 14.2 Å². The lowest BCUT2D eigenvalue weighted by Gasteiger charge is -2.15. The van der Waals surface area contributed by atoms with E-state index in [9.17, 15) is 4.79 Å². The number of rotatable bonds is 7. The molecule has 0 amide bonds. The molecule has 100 valence electrons. The Labute approximate surface area is 112 Å². The number of hydrogen-bond acceptors (Lipinski definition) is 4. The second kappa shape index (κ2) is 7.11. The summed E-state index contributed by atoms with van der Waals surface area (Å²) in [6.45, 7) is 0. The maximum atomic E-state index is 11.6. The lowest BCUT2D eigenvalue weighted by Crippen LogP contribution is -2.06. The number of halogens is 1. The number of ketones is 1. The van der Waals surface area contributed by atoms with Crippen molar-refractivity contribution in [3.8, 4) is 17.2 Å². The van der Waals surface area contributed by atoms with E-state index >= 15 is 0 Å². The van der Waals surface area contributed by atoms with E-state index in [2.05, 4.69) is 0 Å². The van der Waals surface area contributed by atoms with Gasteiger partial charge in [0.15, 0.2) is 11.5 Å². The standard InChI is InChI=1S/C13H17ClO4/c1-16-11-5-4-9(8-10(15)6-7-14)12(17-2)13(11)18-3/h4-5H,6-8H2,1-3H3. The van der Waals surface area contributed by atoms with Gasteiger partial charge in [0, 0.05) is 24.3 Å². The molecule has 0 aromatic heterocycles. The van der Waals surface area contributed by atoms with Gasteiger partial charge in [-0.2, -0.15) is 0 Å².